The molecule has 0 heterocycles. The lowest BCUT2D eigenvalue weighted by atomic mass is 9.85. The molecule has 1 unspecified atom stereocenters. The fraction of sp³-hybridized carbons (Fsp3) is 0.562. The zero-order valence-corrected chi connectivity index (χ0v) is 12.0. The largest absolute Gasteiger partial charge is 0.301 e. The minimum absolute atomic E-state index is 0.157. The lowest BCUT2D eigenvalue weighted by molar-refractivity contribution is 0.231. The molecule has 1 aromatic carbocycles. The van der Waals surface area contributed by atoms with E-state index in [4.69, 9.17) is 0 Å². The van der Waals surface area contributed by atoms with Crippen LogP contribution >= 0.6 is 0 Å². The number of rotatable bonds is 3. The molecule has 1 atom stereocenters. The molecule has 0 radical (unpaired) electrons. The van der Waals surface area contributed by atoms with Gasteiger partial charge in [-0.25, -0.2) is 0 Å². The lowest BCUT2D eigenvalue weighted by Crippen LogP contribution is -2.28. The second-order valence-electron chi connectivity index (χ2n) is 5.86. The molecular formula is C16H22N2. The van der Waals surface area contributed by atoms with Gasteiger partial charge >= 0.3 is 0 Å². The van der Waals surface area contributed by atoms with Crippen molar-refractivity contribution in [1.29, 1.82) is 5.26 Å². The highest BCUT2D eigenvalue weighted by Gasteiger charge is 2.52. The van der Waals surface area contributed by atoms with E-state index in [2.05, 4.69) is 58.0 Å². The number of hydrogen-bond donors (Lipinski definition) is 0. The average molecular weight is 242 g/mol. The molecule has 0 aromatic heterocycles. The molecule has 0 amide bonds. The Labute approximate surface area is 110 Å². The van der Waals surface area contributed by atoms with Gasteiger partial charge in [0, 0.05) is 0 Å². The number of aryl methyl sites for hydroxylation is 1. The summed E-state index contributed by atoms with van der Waals surface area (Å²) < 4.78 is 0. The van der Waals surface area contributed by atoms with Crippen LogP contribution in [0.4, 0.5) is 0 Å². The standard InChI is InChI=1S/C16H22N2/c1-11-6-7-14(13(3)12(11)2)15(18(4)5)16(10-17)8-9-16/h6-7,15H,8-9H2,1-5H3. The van der Waals surface area contributed by atoms with Crippen LogP contribution in [-0.4, -0.2) is 19.0 Å². The van der Waals surface area contributed by atoms with Crippen LogP contribution in [0.2, 0.25) is 0 Å². The van der Waals surface area contributed by atoms with E-state index in [1.54, 1.807) is 0 Å². The van der Waals surface area contributed by atoms with Crippen LogP contribution in [0, 0.1) is 37.5 Å². The first-order valence-corrected chi connectivity index (χ1v) is 6.57. The molecule has 96 valence electrons. The van der Waals surface area contributed by atoms with Gasteiger partial charge < -0.3 is 4.90 Å². The molecule has 2 rings (SSSR count). The van der Waals surface area contributed by atoms with Crippen molar-refractivity contribution in [2.45, 2.75) is 39.7 Å². The van der Waals surface area contributed by atoms with Gasteiger partial charge in [-0.1, -0.05) is 12.1 Å². The molecular weight excluding hydrogens is 220 g/mol. The van der Waals surface area contributed by atoms with Crippen molar-refractivity contribution in [3.8, 4) is 6.07 Å². The van der Waals surface area contributed by atoms with Gasteiger partial charge in [-0.2, -0.15) is 5.26 Å². The topological polar surface area (TPSA) is 27.0 Å². The highest BCUT2D eigenvalue weighted by atomic mass is 15.1. The van der Waals surface area contributed by atoms with E-state index < -0.39 is 0 Å². The summed E-state index contributed by atoms with van der Waals surface area (Å²) in [6, 6.07) is 7.17. The quantitative estimate of drug-likeness (QED) is 0.811. The maximum Gasteiger partial charge on any atom is 0.0771 e. The maximum atomic E-state index is 9.48. The Morgan fingerprint density at radius 2 is 1.78 bits per heavy atom. The third-order valence-corrected chi connectivity index (χ3v) is 4.45. The zero-order chi connectivity index (χ0) is 13.5. The van der Waals surface area contributed by atoms with E-state index in [-0.39, 0.29) is 11.5 Å². The fourth-order valence-electron chi connectivity index (χ4n) is 2.92. The molecule has 2 heteroatoms. The molecule has 0 aliphatic heterocycles. The fourth-order valence-corrected chi connectivity index (χ4v) is 2.92. The van der Waals surface area contributed by atoms with Crippen LogP contribution in [0.1, 0.15) is 41.1 Å². The number of nitrogens with zero attached hydrogens (tertiary/aromatic N) is 2. The first-order valence-electron chi connectivity index (χ1n) is 6.57. The smallest absolute Gasteiger partial charge is 0.0771 e. The van der Waals surface area contributed by atoms with Crippen LogP contribution in [0.3, 0.4) is 0 Å². The monoisotopic (exact) mass is 242 g/mol. The Kier molecular flexibility index (Phi) is 3.21. The van der Waals surface area contributed by atoms with Crippen molar-refractivity contribution in [1.82, 2.24) is 4.90 Å². The zero-order valence-electron chi connectivity index (χ0n) is 12.0. The summed E-state index contributed by atoms with van der Waals surface area (Å²) in [5.74, 6) is 0. The van der Waals surface area contributed by atoms with E-state index in [0.717, 1.165) is 12.8 Å². The third kappa shape index (κ3) is 1.93. The summed E-state index contributed by atoms with van der Waals surface area (Å²) in [5, 5.41) is 9.48. The first kappa shape index (κ1) is 13.1. The molecule has 2 nitrogen and oxygen atoms in total. The van der Waals surface area contributed by atoms with Crippen LogP contribution in [0.5, 0.6) is 0 Å². The second kappa shape index (κ2) is 4.40. The molecule has 1 aliphatic carbocycles. The van der Waals surface area contributed by atoms with Crippen molar-refractivity contribution in [2.24, 2.45) is 5.41 Å². The molecule has 0 spiro atoms. The highest BCUT2D eigenvalue weighted by Crippen LogP contribution is 2.56. The van der Waals surface area contributed by atoms with E-state index in [1.165, 1.54) is 22.3 Å². The van der Waals surface area contributed by atoms with E-state index in [1.807, 2.05) is 0 Å². The summed E-state index contributed by atoms with van der Waals surface area (Å²) in [6.45, 7) is 6.50. The highest BCUT2D eigenvalue weighted by molar-refractivity contribution is 5.42. The van der Waals surface area contributed by atoms with Gasteiger partial charge in [0.2, 0.25) is 0 Å². The Bertz CT molecular complexity index is 505. The summed E-state index contributed by atoms with van der Waals surface area (Å²) in [4.78, 5) is 2.20. The van der Waals surface area contributed by atoms with Gasteiger partial charge in [-0.05, 0) is 70.0 Å². The Morgan fingerprint density at radius 3 is 2.22 bits per heavy atom. The van der Waals surface area contributed by atoms with Gasteiger partial charge in [0.25, 0.3) is 0 Å². The number of benzene rings is 1. The van der Waals surface area contributed by atoms with E-state index >= 15 is 0 Å². The maximum absolute atomic E-state index is 9.48. The molecule has 18 heavy (non-hydrogen) atoms. The van der Waals surface area contributed by atoms with E-state index in [0.29, 0.717) is 0 Å². The van der Waals surface area contributed by atoms with Crippen LogP contribution in [-0.2, 0) is 0 Å². The van der Waals surface area contributed by atoms with Gasteiger partial charge in [-0.15, -0.1) is 0 Å². The van der Waals surface area contributed by atoms with Crippen molar-refractivity contribution in [3.63, 3.8) is 0 Å². The molecule has 1 fully saturated rings. The molecule has 1 aromatic rings. The lowest BCUT2D eigenvalue weighted by Gasteiger charge is -2.31. The minimum Gasteiger partial charge on any atom is -0.301 e. The number of nitriles is 1. The predicted octanol–water partition coefficient (Wildman–Crippen LogP) is 3.52. The van der Waals surface area contributed by atoms with Gasteiger partial charge in [0.05, 0.1) is 17.5 Å². The Morgan fingerprint density at radius 1 is 1.17 bits per heavy atom. The van der Waals surface area contributed by atoms with Gasteiger partial charge in [0.1, 0.15) is 0 Å². The van der Waals surface area contributed by atoms with Crippen molar-refractivity contribution >= 4 is 0 Å². The number of hydrogen-bond acceptors (Lipinski definition) is 2. The first-order chi connectivity index (χ1) is 8.43. The van der Waals surface area contributed by atoms with Crippen LogP contribution in [0.15, 0.2) is 12.1 Å². The molecule has 0 bridgehead atoms. The summed E-state index contributed by atoms with van der Waals surface area (Å²) in [7, 11) is 4.16. The average Bonchev–Trinajstić information content (AvgIpc) is 3.10. The minimum atomic E-state index is -0.157. The SMILES string of the molecule is Cc1ccc(C(N(C)C)C2(C#N)CC2)c(C)c1C. The molecule has 0 N–H and O–H groups in total. The predicted molar refractivity (Wildman–Crippen MR) is 74.4 cm³/mol. The summed E-state index contributed by atoms with van der Waals surface area (Å²) >= 11 is 0. The van der Waals surface area contributed by atoms with Gasteiger partial charge in [-0.3, -0.25) is 0 Å². The van der Waals surface area contributed by atoms with E-state index in [9.17, 15) is 5.26 Å². The van der Waals surface area contributed by atoms with Crippen molar-refractivity contribution in [3.05, 3.63) is 34.4 Å². The molecule has 0 saturated heterocycles. The Balaban J connectivity index is 2.52. The van der Waals surface area contributed by atoms with Gasteiger partial charge in [0.15, 0.2) is 0 Å². The van der Waals surface area contributed by atoms with Crippen LogP contribution < -0.4 is 0 Å². The van der Waals surface area contributed by atoms with Crippen molar-refractivity contribution < 1.29 is 0 Å². The summed E-state index contributed by atoms with van der Waals surface area (Å²) in [6.07, 6.45) is 2.05. The van der Waals surface area contributed by atoms with Crippen molar-refractivity contribution in [2.75, 3.05) is 14.1 Å². The van der Waals surface area contributed by atoms with Crippen LogP contribution in [0.25, 0.3) is 0 Å². The Hall–Kier alpha value is -1.33. The molecule has 1 saturated carbocycles. The second-order valence-corrected chi connectivity index (χ2v) is 5.86. The molecule has 1 aliphatic rings. The normalized spacial score (nSPS) is 18.5. The third-order valence-electron chi connectivity index (χ3n) is 4.45. The summed E-state index contributed by atoms with van der Waals surface area (Å²) in [5.41, 5.74) is 5.19.